The van der Waals surface area contributed by atoms with Crippen LogP contribution in [0.1, 0.15) is 31.9 Å². The van der Waals surface area contributed by atoms with Crippen LogP contribution in [0, 0.1) is 0 Å². The monoisotopic (exact) mass is 329 g/mol. The molecule has 2 aromatic carbocycles. The van der Waals surface area contributed by atoms with Crippen molar-refractivity contribution in [1.29, 1.82) is 0 Å². The van der Waals surface area contributed by atoms with Gasteiger partial charge in [0.05, 0.1) is 0 Å². The quantitative estimate of drug-likeness (QED) is 0.653. The molecule has 0 amide bonds. The van der Waals surface area contributed by atoms with E-state index in [2.05, 4.69) is 44.0 Å². The third kappa shape index (κ3) is 4.19. The minimum atomic E-state index is 0.279. The van der Waals surface area contributed by atoms with Crippen molar-refractivity contribution in [3.63, 3.8) is 0 Å². The van der Waals surface area contributed by atoms with Gasteiger partial charge in [0, 0.05) is 22.8 Å². The highest BCUT2D eigenvalue weighted by atomic mass is 35.5. The lowest BCUT2D eigenvalue weighted by atomic mass is 10.1. The van der Waals surface area contributed by atoms with Crippen molar-refractivity contribution >= 4 is 34.4 Å². The van der Waals surface area contributed by atoms with E-state index in [0.717, 1.165) is 15.6 Å². The molecule has 3 heteroatoms. The predicted octanol–water partition coefficient (Wildman–Crippen LogP) is 5.79. The van der Waals surface area contributed by atoms with Gasteiger partial charge in [-0.3, -0.25) is 0 Å². The molecule has 0 radical (unpaired) electrons. The van der Waals surface area contributed by atoms with Crippen molar-refractivity contribution < 1.29 is 0 Å². The normalized spacial score (nSPS) is 11.6. The second-order valence-electron chi connectivity index (χ2n) is 5.49. The van der Waals surface area contributed by atoms with E-state index in [0.29, 0.717) is 0 Å². The van der Waals surface area contributed by atoms with Gasteiger partial charge in [-0.05, 0) is 44.0 Å². The Morgan fingerprint density at radius 3 is 2.14 bits per heavy atom. The molecule has 0 heterocycles. The Balaban J connectivity index is 2.30. The van der Waals surface area contributed by atoms with Gasteiger partial charge in [0.15, 0.2) is 0 Å². The van der Waals surface area contributed by atoms with Gasteiger partial charge in [0.25, 0.3) is 0 Å². The number of hydrogen-bond donors (Lipinski definition) is 0. The van der Waals surface area contributed by atoms with Crippen LogP contribution in [0.5, 0.6) is 0 Å². The van der Waals surface area contributed by atoms with Gasteiger partial charge in [0.1, 0.15) is 4.99 Å². The van der Waals surface area contributed by atoms with E-state index < -0.39 is 0 Å². The van der Waals surface area contributed by atoms with Crippen LogP contribution in [-0.4, -0.2) is 15.9 Å². The summed E-state index contributed by atoms with van der Waals surface area (Å²) >= 11 is 11.6. The SMILES string of the molecule is C/C(=C\N(C(=S)c1ccc(Cl)cc1)C(C)C)c1ccccc1. The molecule has 1 nitrogen and oxygen atoms in total. The highest BCUT2D eigenvalue weighted by Crippen LogP contribution is 2.19. The van der Waals surface area contributed by atoms with Crippen LogP contribution >= 0.6 is 23.8 Å². The Hall–Kier alpha value is -1.64. The van der Waals surface area contributed by atoms with Crippen LogP contribution in [0.2, 0.25) is 5.02 Å². The standard InChI is InChI=1S/C19H20ClNS/c1-14(2)21(13-15(3)16-7-5-4-6-8-16)19(22)17-9-11-18(20)12-10-17/h4-14H,1-3H3/b15-13+. The lowest BCUT2D eigenvalue weighted by Crippen LogP contribution is -2.31. The number of halogens is 1. The zero-order valence-corrected chi connectivity index (χ0v) is 14.7. The Bertz CT molecular complexity index is 660. The maximum Gasteiger partial charge on any atom is 0.113 e. The summed E-state index contributed by atoms with van der Waals surface area (Å²) in [7, 11) is 0. The molecule has 0 N–H and O–H groups in total. The maximum atomic E-state index is 5.95. The first-order valence-electron chi connectivity index (χ1n) is 7.31. The van der Waals surface area contributed by atoms with E-state index in [1.165, 1.54) is 11.1 Å². The van der Waals surface area contributed by atoms with Crippen LogP contribution in [0.4, 0.5) is 0 Å². The molecule has 22 heavy (non-hydrogen) atoms. The smallest absolute Gasteiger partial charge is 0.113 e. The van der Waals surface area contributed by atoms with Crippen LogP contribution < -0.4 is 0 Å². The van der Waals surface area contributed by atoms with Crippen molar-refractivity contribution in [3.05, 3.63) is 76.9 Å². The molecular weight excluding hydrogens is 310 g/mol. The van der Waals surface area contributed by atoms with Gasteiger partial charge >= 0.3 is 0 Å². The highest BCUT2D eigenvalue weighted by molar-refractivity contribution is 7.80. The summed E-state index contributed by atoms with van der Waals surface area (Å²) in [4.78, 5) is 2.93. The van der Waals surface area contributed by atoms with Gasteiger partial charge in [-0.25, -0.2) is 0 Å². The molecule has 114 valence electrons. The second-order valence-corrected chi connectivity index (χ2v) is 6.31. The van der Waals surface area contributed by atoms with E-state index in [1.54, 1.807) is 0 Å². The van der Waals surface area contributed by atoms with Gasteiger partial charge in [-0.15, -0.1) is 0 Å². The largest absolute Gasteiger partial charge is 0.336 e. The van der Waals surface area contributed by atoms with E-state index in [-0.39, 0.29) is 6.04 Å². The molecule has 0 aliphatic heterocycles. The van der Waals surface area contributed by atoms with Crippen molar-refractivity contribution in [3.8, 4) is 0 Å². The van der Waals surface area contributed by atoms with Crippen molar-refractivity contribution in [1.82, 2.24) is 4.90 Å². The molecule has 0 aliphatic rings. The molecule has 0 aromatic heterocycles. The van der Waals surface area contributed by atoms with Crippen molar-refractivity contribution in [2.24, 2.45) is 0 Å². The molecular formula is C19H20ClNS. The summed E-state index contributed by atoms with van der Waals surface area (Å²) < 4.78 is 0. The molecule has 0 unspecified atom stereocenters. The Kier molecular flexibility index (Phi) is 5.76. The molecule has 2 rings (SSSR count). The fraction of sp³-hybridized carbons (Fsp3) is 0.211. The zero-order chi connectivity index (χ0) is 16.1. The summed E-state index contributed by atoms with van der Waals surface area (Å²) in [5.74, 6) is 0. The second kappa shape index (κ2) is 7.57. The highest BCUT2D eigenvalue weighted by Gasteiger charge is 2.13. The molecule has 0 fully saturated rings. The fourth-order valence-corrected chi connectivity index (χ4v) is 2.69. The van der Waals surface area contributed by atoms with Crippen LogP contribution in [0.15, 0.2) is 60.8 Å². The topological polar surface area (TPSA) is 3.24 Å². The molecule has 0 aliphatic carbocycles. The lowest BCUT2D eigenvalue weighted by Gasteiger charge is -2.27. The average Bonchev–Trinajstić information content (AvgIpc) is 2.53. The van der Waals surface area contributed by atoms with Crippen LogP contribution in [0.25, 0.3) is 5.57 Å². The Morgan fingerprint density at radius 2 is 1.59 bits per heavy atom. The molecule has 0 saturated heterocycles. The third-order valence-corrected chi connectivity index (χ3v) is 4.14. The molecule has 0 bridgehead atoms. The summed E-state index contributed by atoms with van der Waals surface area (Å²) in [5, 5.41) is 0.721. The van der Waals surface area contributed by atoms with Gasteiger partial charge in [-0.1, -0.05) is 66.3 Å². The van der Waals surface area contributed by atoms with Gasteiger partial charge in [-0.2, -0.15) is 0 Å². The average molecular weight is 330 g/mol. The molecule has 0 saturated carbocycles. The molecule has 0 atom stereocenters. The summed E-state index contributed by atoms with van der Waals surface area (Å²) in [6.07, 6.45) is 2.12. The summed E-state index contributed by atoms with van der Waals surface area (Å²) in [6.45, 7) is 6.38. The number of benzene rings is 2. The molecule has 0 spiro atoms. The number of hydrogen-bond acceptors (Lipinski definition) is 1. The first kappa shape index (κ1) is 16.7. The number of rotatable bonds is 4. The van der Waals surface area contributed by atoms with E-state index in [4.69, 9.17) is 23.8 Å². The fourth-order valence-electron chi connectivity index (χ4n) is 2.17. The number of thiocarbonyl (C=S) groups is 1. The van der Waals surface area contributed by atoms with E-state index in [9.17, 15) is 0 Å². The van der Waals surface area contributed by atoms with Crippen LogP contribution in [0.3, 0.4) is 0 Å². The van der Waals surface area contributed by atoms with Crippen molar-refractivity contribution in [2.45, 2.75) is 26.8 Å². The zero-order valence-electron chi connectivity index (χ0n) is 13.1. The summed E-state index contributed by atoms with van der Waals surface area (Å²) in [6, 6.07) is 18.3. The summed E-state index contributed by atoms with van der Waals surface area (Å²) in [5.41, 5.74) is 3.39. The maximum absolute atomic E-state index is 5.95. The van der Waals surface area contributed by atoms with Crippen molar-refractivity contribution in [2.75, 3.05) is 0 Å². The Morgan fingerprint density at radius 1 is 1.00 bits per heavy atom. The third-order valence-electron chi connectivity index (χ3n) is 3.44. The van der Waals surface area contributed by atoms with Crippen LogP contribution in [-0.2, 0) is 0 Å². The Labute approximate surface area is 143 Å². The molecule has 2 aromatic rings. The minimum absolute atomic E-state index is 0.279. The number of nitrogens with zero attached hydrogens (tertiary/aromatic N) is 1. The van der Waals surface area contributed by atoms with Gasteiger partial charge in [0.2, 0.25) is 0 Å². The first-order chi connectivity index (χ1) is 10.5. The van der Waals surface area contributed by atoms with E-state index in [1.807, 2.05) is 42.5 Å². The van der Waals surface area contributed by atoms with Gasteiger partial charge < -0.3 is 4.90 Å². The number of allylic oxidation sites excluding steroid dienone is 1. The predicted molar refractivity (Wildman–Crippen MR) is 100 cm³/mol. The van der Waals surface area contributed by atoms with E-state index >= 15 is 0 Å². The lowest BCUT2D eigenvalue weighted by molar-refractivity contribution is 0.467. The first-order valence-corrected chi connectivity index (χ1v) is 8.09. The minimum Gasteiger partial charge on any atom is -0.336 e.